The summed E-state index contributed by atoms with van der Waals surface area (Å²) in [5, 5.41) is 0. The van der Waals surface area contributed by atoms with E-state index in [4.69, 9.17) is 14.2 Å². The van der Waals surface area contributed by atoms with Crippen LogP contribution in [0.25, 0.3) is 0 Å². The number of carbonyl (C=O) groups is 1. The maximum atomic E-state index is 12.0. The second-order valence-corrected chi connectivity index (χ2v) is 7.56. The molecule has 3 saturated heterocycles. The molecule has 1 amide bonds. The molecule has 5 nitrogen and oxygen atoms in total. The highest BCUT2D eigenvalue weighted by atomic mass is 16.6. The molecule has 3 heterocycles. The van der Waals surface area contributed by atoms with E-state index in [0.29, 0.717) is 25.8 Å². The Balaban J connectivity index is 1.53. The molecular formula is C15H25NO4. The van der Waals surface area contributed by atoms with Gasteiger partial charge >= 0.3 is 6.09 Å². The molecule has 20 heavy (non-hydrogen) atoms. The number of ether oxygens (including phenoxy) is 3. The van der Waals surface area contributed by atoms with Gasteiger partial charge in [0.25, 0.3) is 0 Å². The van der Waals surface area contributed by atoms with Crippen molar-refractivity contribution in [3.8, 4) is 0 Å². The number of fused-ring (bicyclic) bond motifs is 1. The monoisotopic (exact) mass is 283 g/mol. The third-order valence-electron chi connectivity index (χ3n) is 4.58. The third kappa shape index (κ3) is 2.66. The molecular weight excluding hydrogens is 258 g/mol. The van der Waals surface area contributed by atoms with Crippen LogP contribution in [0.2, 0.25) is 0 Å². The minimum Gasteiger partial charge on any atom is -0.444 e. The second kappa shape index (κ2) is 4.34. The van der Waals surface area contributed by atoms with E-state index < -0.39 is 5.60 Å². The fourth-order valence-electron chi connectivity index (χ4n) is 3.14. The van der Waals surface area contributed by atoms with Crippen LogP contribution in [0, 0.1) is 0 Å². The summed E-state index contributed by atoms with van der Waals surface area (Å²) >= 11 is 0. The Morgan fingerprint density at radius 2 is 1.95 bits per heavy atom. The van der Waals surface area contributed by atoms with Crippen molar-refractivity contribution in [3.05, 3.63) is 0 Å². The summed E-state index contributed by atoms with van der Waals surface area (Å²) in [5.41, 5.74) is -0.552. The fourth-order valence-corrected chi connectivity index (χ4v) is 3.14. The lowest BCUT2D eigenvalue weighted by molar-refractivity contribution is -0.111. The van der Waals surface area contributed by atoms with E-state index in [1.807, 2.05) is 20.8 Å². The number of nitrogens with zero attached hydrogens (tertiary/aromatic N) is 1. The van der Waals surface area contributed by atoms with Gasteiger partial charge in [-0.15, -0.1) is 0 Å². The Hall–Kier alpha value is -0.810. The van der Waals surface area contributed by atoms with Crippen molar-refractivity contribution in [2.24, 2.45) is 0 Å². The van der Waals surface area contributed by atoms with Crippen LogP contribution in [-0.2, 0) is 14.2 Å². The minimum absolute atomic E-state index is 0.0342. The first-order valence-electron chi connectivity index (χ1n) is 7.51. The molecule has 114 valence electrons. The standard InChI is InChI=1S/C15H25NO4/c1-13(2,3)20-12(17)16-7-5-15(6-8-16)9-11-14(4,19-11)10-18-15/h11H,5-10H2,1-4H3/t11-,14+/m1/s1. The van der Waals surface area contributed by atoms with Gasteiger partial charge in [0.05, 0.1) is 18.3 Å². The molecule has 2 atom stereocenters. The lowest BCUT2D eigenvalue weighted by atomic mass is 9.82. The molecule has 0 aromatic carbocycles. The van der Waals surface area contributed by atoms with Crippen molar-refractivity contribution in [1.82, 2.24) is 4.90 Å². The SMILES string of the molecule is CC(C)(C)OC(=O)N1CCC2(CC1)C[C@H]1O[C@@]1(C)CO2. The highest BCUT2D eigenvalue weighted by Crippen LogP contribution is 2.49. The number of rotatable bonds is 0. The highest BCUT2D eigenvalue weighted by Gasteiger charge is 2.60. The summed E-state index contributed by atoms with van der Waals surface area (Å²) < 4.78 is 17.2. The minimum atomic E-state index is -0.433. The number of amides is 1. The molecule has 0 bridgehead atoms. The predicted molar refractivity (Wildman–Crippen MR) is 73.6 cm³/mol. The molecule has 0 aromatic heterocycles. The van der Waals surface area contributed by atoms with Crippen LogP contribution in [0.5, 0.6) is 0 Å². The number of likely N-dealkylation sites (tertiary alicyclic amines) is 1. The van der Waals surface area contributed by atoms with Gasteiger partial charge in [-0.2, -0.15) is 0 Å². The number of carbonyl (C=O) groups excluding carboxylic acids is 1. The Bertz CT molecular complexity index is 409. The van der Waals surface area contributed by atoms with Gasteiger partial charge in [0.2, 0.25) is 0 Å². The van der Waals surface area contributed by atoms with E-state index in [0.717, 1.165) is 19.3 Å². The van der Waals surface area contributed by atoms with Gasteiger partial charge in [-0.25, -0.2) is 4.79 Å². The van der Waals surface area contributed by atoms with Gasteiger partial charge in [-0.05, 0) is 40.5 Å². The van der Waals surface area contributed by atoms with Crippen molar-refractivity contribution < 1.29 is 19.0 Å². The molecule has 0 unspecified atom stereocenters. The maximum absolute atomic E-state index is 12.0. The number of hydrogen-bond donors (Lipinski definition) is 0. The average molecular weight is 283 g/mol. The largest absolute Gasteiger partial charge is 0.444 e. The van der Waals surface area contributed by atoms with Crippen LogP contribution in [0.4, 0.5) is 4.79 Å². The molecule has 3 rings (SSSR count). The molecule has 0 saturated carbocycles. The Kier molecular flexibility index (Phi) is 3.07. The van der Waals surface area contributed by atoms with Gasteiger partial charge in [0, 0.05) is 19.5 Å². The van der Waals surface area contributed by atoms with Crippen LogP contribution >= 0.6 is 0 Å². The summed E-state index contributed by atoms with van der Waals surface area (Å²) in [5.74, 6) is 0. The van der Waals surface area contributed by atoms with Crippen LogP contribution in [0.1, 0.15) is 47.0 Å². The van der Waals surface area contributed by atoms with Crippen LogP contribution in [-0.4, -0.2) is 53.6 Å². The number of hydrogen-bond acceptors (Lipinski definition) is 4. The van der Waals surface area contributed by atoms with E-state index in [2.05, 4.69) is 6.92 Å². The van der Waals surface area contributed by atoms with E-state index in [1.54, 1.807) is 4.90 Å². The normalized spacial score (nSPS) is 35.6. The van der Waals surface area contributed by atoms with Gasteiger partial charge < -0.3 is 19.1 Å². The lowest BCUT2D eigenvalue weighted by Crippen LogP contribution is -2.52. The molecule has 0 aromatic rings. The van der Waals surface area contributed by atoms with Gasteiger partial charge in [-0.1, -0.05) is 0 Å². The zero-order valence-corrected chi connectivity index (χ0v) is 12.9. The van der Waals surface area contributed by atoms with Crippen molar-refractivity contribution >= 4 is 6.09 Å². The smallest absolute Gasteiger partial charge is 0.410 e. The maximum Gasteiger partial charge on any atom is 0.410 e. The first-order chi connectivity index (χ1) is 9.22. The average Bonchev–Trinajstić information content (AvgIpc) is 2.98. The second-order valence-electron chi connectivity index (χ2n) is 7.56. The van der Waals surface area contributed by atoms with Crippen LogP contribution < -0.4 is 0 Å². The predicted octanol–water partition coefficient (Wildman–Crippen LogP) is 2.33. The summed E-state index contributed by atoms with van der Waals surface area (Å²) in [6, 6.07) is 0. The summed E-state index contributed by atoms with van der Waals surface area (Å²) in [6.07, 6.45) is 2.86. The van der Waals surface area contributed by atoms with E-state index >= 15 is 0 Å². The summed E-state index contributed by atoms with van der Waals surface area (Å²) in [4.78, 5) is 13.8. The molecule has 0 N–H and O–H groups in total. The highest BCUT2D eigenvalue weighted by molar-refractivity contribution is 5.68. The first kappa shape index (κ1) is 14.1. The van der Waals surface area contributed by atoms with Gasteiger partial charge in [0.1, 0.15) is 11.2 Å². The molecule has 3 aliphatic rings. The number of piperidine rings is 1. The zero-order chi connectivity index (χ0) is 14.6. The lowest BCUT2D eigenvalue weighted by Gasteiger charge is -2.43. The first-order valence-corrected chi connectivity index (χ1v) is 7.51. The molecule has 3 fully saturated rings. The molecule has 1 spiro atoms. The summed E-state index contributed by atoms with van der Waals surface area (Å²) in [6.45, 7) is 9.89. The van der Waals surface area contributed by atoms with Crippen molar-refractivity contribution in [2.75, 3.05) is 19.7 Å². The number of epoxide rings is 1. The summed E-state index contributed by atoms with van der Waals surface area (Å²) in [7, 11) is 0. The van der Waals surface area contributed by atoms with Crippen LogP contribution in [0.15, 0.2) is 0 Å². The molecule has 0 radical (unpaired) electrons. The van der Waals surface area contributed by atoms with E-state index in [-0.39, 0.29) is 17.3 Å². The third-order valence-corrected chi connectivity index (χ3v) is 4.58. The topological polar surface area (TPSA) is 51.3 Å². The fraction of sp³-hybridized carbons (Fsp3) is 0.933. The Morgan fingerprint density at radius 3 is 2.50 bits per heavy atom. The van der Waals surface area contributed by atoms with E-state index in [9.17, 15) is 4.79 Å². The van der Waals surface area contributed by atoms with Crippen LogP contribution in [0.3, 0.4) is 0 Å². The van der Waals surface area contributed by atoms with Gasteiger partial charge in [-0.3, -0.25) is 0 Å². The zero-order valence-electron chi connectivity index (χ0n) is 12.9. The molecule has 5 heteroatoms. The van der Waals surface area contributed by atoms with E-state index in [1.165, 1.54) is 0 Å². The molecule has 3 aliphatic heterocycles. The van der Waals surface area contributed by atoms with Crippen molar-refractivity contribution in [1.29, 1.82) is 0 Å². The Labute approximate surface area is 120 Å². The van der Waals surface area contributed by atoms with Crippen molar-refractivity contribution in [2.45, 2.75) is 69.9 Å². The quantitative estimate of drug-likeness (QED) is 0.640. The Morgan fingerprint density at radius 1 is 1.30 bits per heavy atom. The van der Waals surface area contributed by atoms with Gasteiger partial charge in [0.15, 0.2) is 0 Å². The molecule has 0 aliphatic carbocycles. The van der Waals surface area contributed by atoms with Crippen molar-refractivity contribution in [3.63, 3.8) is 0 Å².